The van der Waals surface area contributed by atoms with Crippen LogP contribution in [0.3, 0.4) is 0 Å². The number of fused-ring (bicyclic) bond motifs is 1. The molecule has 3 heteroatoms. The van der Waals surface area contributed by atoms with E-state index in [1.165, 1.54) is 0 Å². The summed E-state index contributed by atoms with van der Waals surface area (Å²) in [4.78, 5) is 15.1. The molecule has 0 saturated heterocycles. The second-order valence-electron chi connectivity index (χ2n) is 3.73. The van der Waals surface area contributed by atoms with Crippen molar-refractivity contribution in [1.29, 1.82) is 0 Å². The van der Waals surface area contributed by atoms with E-state index < -0.39 is 0 Å². The van der Waals surface area contributed by atoms with Crippen LogP contribution in [-0.4, -0.2) is 11.3 Å². The third-order valence-corrected chi connectivity index (χ3v) is 2.56. The number of benzene rings is 2. The van der Waals surface area contributed by atoms with Gasteiger partial charge in [-0.25, -0.2) is 4.98 Å². The first kappa shape index (κ1) is 9.78. The number of hydrogen-bond donors (Lipinski definition) is 0. The van der Waals surface area contributed by atoms with Crippen LogP contribution in [0.5, 0.6) is 0 Å². The molecule has 1 aromatic heterocycles. The Bertz CT molecular complexity index is 652. The number of nitrogens with zero attached hydrogens (tertiary/aromatic N) is 1. The summed E-state index contributed by atoms with van der Waals surface area (Å²) < 4.78 is 5.63. The highest BCUT2D eigenvalue weighted by Crippen LogP contribution is 2.24. The van der Waals surface area contributed by atoms with Gasteiger partial charge in [-0.1, -0.05) is 24.3 Å². The molecule has 0 unspecified atom stereocenters. The van der Waals surface area contributed by atoms with Crippen LogP contribution in [0, 0.1) is 0 Å². The third-order valence-electron chi connectivity index (χ3n) is 2.56. The molecule has 3 rings (SSSR count). The second-order valence-corrected chi connectivity index (χ2v) is 3.73. The van der Waals surface area contributed by atoms with Crippen molar-refractivity contribution in [1.82, 2.24) is 4.98 Å². The van der Waals surface area contributed by atoms with Gasteiger partial charge in [-0.2, -0.15) is 0 Å². The Hall–Kier alpha value is -2.42. The van der Waals surface area contributed by atoms with Crippen molar-refractivity contribution in [3.63, 3.8) is 0 Å². The van der Waals surface area contributed by atoms with Crippen LogP contribution >= 0.6 is 0 Å². The molecule has 0 N–H and O–H groups in total. The lowest BCUT2D eigenvalue weighted by Gasteiger charge is -1.95. The van der Waals surface area contributed by atoms with Gasteiger partial charge in [0, 0.05) is 11.1 Å². The molecule has 2 aromatic carbocycles. The Labute approximate surface area is 97.7 Å². The Morgan fingerprint density at radius 3 is 2.76 bits per heavy atom. The number of oxazole rings is 1. The molecule has 1 heterocycles. The molecule has 17 heavy (non-hydrogen) atoms. The summed E-state index contributed by atoms with van der Waals surface area (Å²) >= 11 is 0. The zero-order valence-electron chi connectivity index (χ0n) is 8.96. The van der Waals surface area contributed by atoms with Gasteiger partial charge in [-0.15, -0.1) is 0 Å². The highest BCUT2D eigenvalue weighted by Gasteiger charge is 2.07. The highest BCUT2D eigenvalue weighted by molar-refractivity contribution is 5.79. The highest BCUT2D eigenvalue weighted by atomic mass is 16.3. The van der Waals surface area contributed by atoms with Gasteiger partial charge in [-0.3, -0.25) is 4.79 Å². The van der Waals surface area contributed by atoms with Crippen molar-refractivity contribution < 1.29 is 9.21 Å². The van der Waals surface area contributed by atoms with Crippen LogP contribution in [0.2, 0.25) is 0 Å². The fourth-order valence-corrected chi connectivity index (χ4v) is 1.74. The Morgan fingerprint density at radius 1 is 1.06 bits per heavy atom. The van der Waals surface area contributed by atoms with E-state index in [1.807, 2.05) is 36.4 Å². The average molecular weight is 223 g/mol. The van der Waals surface area contributed by atoms with Crippen LogP contribution in [0.25, 0.3) is 22.6 Å². The molecular formula is C14H9NO2. The van der Waals surface area contributed by atoms with Crippen LogP contribution in [-0.2, 0) is 0 Å². The molecule has 0 spiro atoms. The van der Waals surface area contributed by atoms with Crippen molar-refractivity contribution in [3.8, 4) is 11.5 Å². The van der Waals surface area contributed by atoms with Gasteiger partial charge in [0.15, 0.2) is 5.58 Å². The predicted octanol–water partition coefficient (Wildman–Crippen LogP) is 3.31. The minimum atomic E-state index is 0.537. The van der Waals surface area contributed by atoms with Gasteiger partial charge < -0.3 is 4.42 Å². The second kappa shape index (κ2) is 3.87. The average Bonchev–Trinajstić information content (AvgIpc) is 2.82. The maximum Gasteiger partial charge on any atom is 0.227 e. The first-order valence-corrected chi connectivity index (χ1v) is 5.28. The van der Waals surface area contributed by atoms with Gasteiger partial charge in [0.2, 0.25) is 5.89 Å². The fourth-order valence-electron chi connectivity index (χ4n) is 1.74. The van der Waals surface area contributed by atoms with Gasteiger partial charge in [0.1, 0.15) is 11.8 Å². The molecule has 0 saturated carbocycles. The number of carbonyl (C=O) groups is 1. The Morgan fingerprint density at radius 2 is 1.94 bits per heavy atom. The molecule has 0 fully saturated rings. The molecule has 0 aliphatic heterocycles. The van der Waals surface area contributed by atoms with Crippen molar-refractivity contribution in [2.45, 2.75) is 0 Å². The fraction of sp³-hybridized carbons (Fsp3) is 0. The SMILES string of the molecule is O=Cc1cccc(-c2nc3ccccc3o2)c1. The topological polar surface area (TPSA) is 43.1 Å². The van der Waals surface area contributed by atoms with E-state index in [1.54, 1.807) is 12.1 Å². The predicted molar refractivity (Wildman–Crippen MR) is 64.8 cm³/mol. The molecule has 3 nitrogen and oxygen atoms in total. The standard InChI is InChI=1S/C14H9NO2/c16-9-10-4-3-5-11(8-10)14-15-12-6-1-2-7-13(12)17-14/h1-9H. The summed E-state index contributed by atoms with van der Waals surface area (Å²) in [5, 5.41) is 0. The van der Waals surface area contributed by atoms with Gasteiger partial charge >= 0.3 is 0 Å². The molecule has 0 bridgehead atoms. The summed E-state index contributed by atoms with van der Waals surface area (Å²) in [5.74, 6) is 0.537. The van der Waals surface area contributed by atoms with Gasteiger partial charge in [-0.05, 0) is 24.3 Å². The van der Waals surface area contributed by atoms with Crippen molar-refractivity contribution in [2.24, 2.45) is 0 Å². The number of para-hydroxylation sites is 2. The quantitative estimate of drug-likeness (QED) is 0.626. The molecule has 0 aliphatic rings. The smallest absolute Gasteiger partial charge is 0.227 e. The number of hydrogen-bond acceptors (Lipinski definition) is 3. The lowest BCUT2D eigenvalue weighted by molar-refractivity contribution is 0.112. The van der Waals surface area contributed by atoms with Crippen molar-refractivity contribution in [2.75, 3.05) is 0 Å². The summed E-state index contributed by atoms with van der Waals surface area (Å²) in [5.41, 5.74) is 2.99. The van der Waals surface area contributed by atoms with E-state index in [4.69, 9.17) is 4.42 Å². The number of aldehydes is 1. The number of rotatable bonds is 2. The molecule has 3 aromatic rings. The van der Waals surface area contributed by atoms with E-state index in [2.05, 4.69) is 4.98 Å². The van der Waals surface area contributed by atoms with E-state index in [0.717, 1.165) is 22.9 Å². The molecule has 82 valence electrons. The summed E-state index contributed by atoms with van der Waals surface area (Å²) in [6.45, 7) is 0. The monoisotopic (exact) mass is 223 g/mol. The van der Waals surface area contributed by atoms with E-state index in [-0.39, 0.29) is 0 Å². The lowest BCUT2D eigenvalue weighted by Crippen LogP contribution is -1.81. The molecular weight excluding hydrogens is 214 g/mol. The maximum atomic E-state index is 10.7. The van der Waals surface area contributed by atoms with Gasteiger partial charge in [0.05, 0.1) is 0 Å². The van der Waals surface area contributed by atoms with Crippen molar-refractivity contribution in [3.05, 3.63) is 54.1 Å². The molecule has 0 radical (unpaired) electrons. The minimum Gasteiger partial charge on any atom is -0.436 e. The third kappa shape index (κ3) is 1.72. The number of carbonyl (C=O) groups excluding carboxylic acids is 1. The first-order chi connectivity index (χ1) is 8.36. The Kier molecular flexibility index (Phi) is 2.22. The zero-order valence-corrected chi connectivity index (χ0v) is 8.96. The van der Waals surface area contributed by atoms with Crippen LogP contribution in [0.4, 0.5) is 0 Å². The first-order valence-electron chi connectivity index (χ1n) is 5.28. The largest absolute Gasteiger partial charge is 0.436 e. The van der Waals surface area contributed by atoms with E-state index >= 15 is 0 Å². The lowest BCUT2D eigenvalue weighted by atomic mass is 10.1. The minimum absolute atomic E-state index is 0.537. The van der Waals surface area contributed by atoms with Gasteiger partial charge in [0.25, 0.3) is 0 Å². The molecule has 0 atom stereocenters. The summed E-state index contributed by atoms with van der Waals surface area (Å²) in [7, 11) is 0. The normalized spacial score (nSPS) is 10.6. The van der Waals surface area contributed by atoms with Crippen LogP contribution in [0.1, 0.15) is 10.4 Å². The van der Waals surface area contributed by atoms with Crippen LogP contribution < -0.4 is 0 Å². The van der Waals surface area contributed by atoms with Crippen LogP contribution in [0.15, 0.2) is 52.9 Å². The zero-order chi connectivity index (χ0) is 11.7. The molecule has 0 aliphatic carbocycles. The van der Waals surface area contributed by atoms with Crippen molar-refractivity contribution >= 4 is 17.4 Å². The number of aromatic nitrogens is 1. The molecule has 0 amide bonds. The summed E-state index contributed by atoms with van der Waals surface area (Å²) in [6, 6.07) is 14.8. The summed E-state index contributed by atoms with van der Waals surface area (Å²) in [6.07, 6.45) is 0.812. The van der Waals surface area contributed by atoms with E-state index in [9.17, 15) is 4.79 Å². The Balaban J connectivity index is 2.16. The maximum absolute atomic E-state index is 10.7. The van der Waals surface area contributed by atoms with E-state index in [0.29, 0.717) is 11.5 Å².